The van der Waals surface area contributed by atoms with E-state index >= 15 is 0 Å². The highest BCUT2D eigenvalue weighted by Gasteiger charge is 2.41. The van der Waals surface area contributed by atoms with Gasteiger partial charge in [-0.2, -0.15) is 18.3 Å². The van der Waals surface area contributed by atoms with E-state index in [-0.39, 0.29) is 51.6 Å². The van der Waals surface area contributed by atoms with Crippen LogP contribution in [0, 0.1) is 11.6 Å². The smallest absolute Gasteiger partial charge is 0.331 e. The number of alkyl halides is 3. The lowest BCUT2D eigenvalue weighted by molar-refractivity contribution is -0.141. The standard InChI is InChI=1S/C21H16F5N7O/c22-10-1-14(23)19-29-6-17(32(19)7-10)18-13-5-28-15(3-16(13)33(30-18)9-21(24,25)26)20(34)31-8-11-2-12(31)4-27-11/h1,3,5-7,11-12,27H,2,4,8-9H2. The summed E-state index contributed by atoms with van der Waals surface area (Å²) in [6.07, 6.45) is -0.339. The van der Waals surface area contributed by atoms with Crippen LogP contribution in [0.4, 0.5) is 22.0 Å². The zero-order valence-electron chi connectivity index (χ0n) is 17.4. The van der Waals surface area contributed by atoms with Crippen LogP contribution in [0.15, 0.2) is 30.7 Å². The fourth-order valence-electron chi connectivity index (χ4n) is 4.81. The van der Waals surface area contributed by atoms with Crippen molar-refractivity contribution in [3.63, 3.8) is 0 Å². The molecule has 2 aliphatic rings. The summed E-state index contributed by atoms with van der Waals surface area (Å²) in [7, 11) is 0. The molecular formula is C21H16F5N7O. The first-order valence-electron chi connectivity index (χ1n) is 10.5. The maximum Gasteiger partial charge on any atom is 0.408 e. The normalized spacial score (nSPS) is 20.2. The van der Waals surface area contributed by atoms with Gasteiger partial charge in [0.2, 0.25) is 0 Å². The third-order valence-electron chi connectivity index (χ3n) is 6.27. The maximum atomic E-state index is 14.1. The largest absolute Gasteiger partial charge is 0.408 e. The highest BCUT2D eigenvalue weighted by atomic mass is 19.4. The second-order valence-corrected chi connectivity index (χ2v) is 8.50. The SMILES string of the molecule is O=C(c1cc2c(cn1)c(-c1cnc3c(F)cc(F)cn13)nn2CC(F)(F)F)N1CC2CC1CN2. The summed E-state index contributed by atoms with van der Waals surface area (Å²) in [5.41, 5.74) is -0.0756. The number of carbonyl (C=O) groups is 1. The van der Waals surface area contributed by atoms with Crippen molar-refractivity contribution in [3.8, 4) is 11.4 Å². The molecule has 4 aromatic heterocycles. The minimum absolute atomic E-state index is 0.00477. The number of hydrogen-bond donors (Lipinski definition) is 1. The number of imidazole rings is 1. The Balaban J connectivity index is 1.49. The summed E-state index contributed by atoms with van der Waals surface area (Å²) in [4.78, 5) is 22.8. The van der Waals surface area contributed by atoms with Crippen LogP contribution in [0.25, 0.3) is 27.9 Å². The zero-order valence-corrected chi connectivity index (χ0v) is 17.4. The number of nitrogens with one attached hydrogen (secondary N) is 1. The number of aromatic nitrogens is 5. The number of hydrogen-bond acceptors (Lipinski definition) is 5. The Kier molecular flexibility index (Phi) is 4.43. The summed E-state index contributed by atoms with van der Waals surface area (Å²) in [5, 5.41) is 7.55. The van der Waals surface area contributed by atoms with Crippen molar-refractivity contribution in [3.05, 3.63) is 48.1 Å². The van der Waals surface area contributed by atoms with Gasteiger partial charge in [0.1, 0.15) is 23.7 Å². The number of halogens is 5. The van der Waals surface area contributed by atoms with E-state index in [1.54, 1.807) is 4.90 Å². The Bertz CT molecular complexity index is 1460. The number of carbonyl (C=O) groups excluding carboxylic acids is 1. The molecule has 0 aromatic carbocycles. The summed E-state index contributed by atoms with van der Waals surface area (Å²) in [6, 6.07) is 2.17. The number of amides is 1. The van der Waals surface area contributed by atoms with Gasteiger partial charge in [-0.05, 0) is 12.5 Å². The van der Waals surface area contributed by atoms with Gasteiger partial charge in [-0.15, -0.1) is 0 Å². The van der Waals surface area contributed by atoms with Gasteiger partial charge < -0.3 is 10.2 Å². The summed E-state index contributed by atoms with van der Waals surface area (Å²) in [5.74, 6) is -2.18. The van der Waals surface area contributed by atoms with Crippen molar-refractivity contribution in [2.45, 2.75) is 31.2 Å². The van der Waals surface area contributed by atoms with E-state index in [1.807, 2.05) is 0 Å². The molecule has 0 aliphatic carbocycles. The van der Waals surface area contributed by atoms with Gasteiger partial charge in [0.05, 0.1) is 17.4 Å². The van der Waals surface area contributed by atoms with Gasteiger partial charge in [-0.25, -0.2) is 13.8 Å². The molecule has 6 heterocycles. The van der Waals surface area contributed by atoms with Gasteiger partial charge in [0, 0.05) is 49.0 Å². The first kappa shape index (κ1) is 21.0. The van der Waals surface area contributed by atoms with Crippen LogP contribution in [-0.4, -0.2) is 66.3 Å². The summed E-state index contributed by atoms with van der Waals surface area (Å²) in [6.45, 7) is -0.246. The zero-order chi connectivity index (χ0) is 23.8. The van der Waals surface area contributed by atoms with E-state index < -0.39 is 24.4 Å². The molecule has 8 nitrogen and oxygen atoms in total. The van der Waals surface area contributed by atoms with Crippen LogP contribution in [0.2, 0.25) is 0 Å². The lowest BCUT2D eigenvalue weighted by Crippen LogP contribution is -2.46. The van der Waals surface area contributed by atoms with Gasteiger partial charge in [0.25, 0.3) is 5.91 Å². The molecule has 2 saturated heterocycles. The van der Waals surface area contributed by atoms with Crippen molar-refractivity contribution in [1.29, 1.82) is 0 Å². The lowest BCUT2D eigenvalue weighted by Gasteiger charge is -2.27. The Labute approximate surface area is 188 Å². The fraction of sp³-hybridized carbons (Fsp3) is 0.333. The van der Waals surface area contributed by atoms with E-state index in [4.69, 9.17) is 0 Å². The van der Waals surface area contributed by atoms with Crippen LogP contribution in [0.3, 0.4) is 0 Å². The number of pyridine rings is 2. The molecule has 0 saturated carbocycles. The molecule has 1 amide bonds. The predicted molar refractivity (Wildman–Crippen MR) is 109 cm³/mol. The number of likely N-dealkylation sites (tertiary alicyclic amines) is 1. The van der Waals surface area contributed by atoms with Crippen molar-refractivity contribution >= 4 is 22.5 Å². The molecule has 2 atom stereocenters. The lowest BCUT2D eigenvalue weighted by atomic mass is 10.2. The van der Waals surface area contributed by atoms with E-state index in [9.17, 15) is 26.7 Å². The highest BCUT2D eigenvalue weighted by Crippen LogP contribution is 2.32. The molecular weight excluding hydrogens is 461 g/mol. The molecule has 0 radical (unpaired) electrons. The Morgan fingerprint density at radius 1 is 1.18 bits per heavy atom. The average molecular weight is 477 g/mol. The first-order chi connectivity index (χ1) is 16.2. The van der Waals surface area contributed by atoms with Crippen LogP contribution in [-0.2, 0) is 6.54 Å². The van der Waals surface area contributed by atoms with Crippen molar-refractivity contribution in [2.24, 2.45) is 0 Å². The van der Waals surface area contributed by atoms with Gasteiger partial charge in [-0.3, -0.25) is 18.9 Å². The van der Waals surface area contributed by atoms with Gasteiger partial charge in [-0.1, -0.05) is 0 Å². The molecule has 2 fully saturated rings. The molecule has 176 valence electrons. The quantitative estimate of drug-likeness (QED) is 0.459. The predicted octanol–water partition coefficient (Wildman–Crippen LogP) is 2.77. The number of piperazine rings is 1. The maximum absolute atomic E-state index is 14.1. The second kappa shape index (κ2) is 7.19. The first-order valence-corrected chi connectivity index (χ1v) is 10.5. The molecule has 1 N–H and O–H groups in total. The monoisotopic (exact) mass is 477 g/mol. The van der Waals surface area contributed by atoms with Gasteiger partial charge >= 0.3 is 6.18 Å². The van der Waals surface area contributed by atoms with E-state index in [0.717, 1.165) is 21.7 Å². The summed E-state index contributed by atoms with van der Waals surface area (Å²) >= 11 is 0. The Hall–Kier alpha value is -3.61. The minimum Gasteiger partial charge on any atom is -0.331 e. The number of rotatable bonds is 3. The third kappa shape index (κ3) is 3.30. The molecule has 6 rings (SSSR count). The van der Waals surface area contributed by atoms with Crippen molar-refractivity contribution in [1.82, 2.24) is 34.4 Å². The van der Waals surface area contributed by atoms with Crippen LogP contribution in [0.1, 0.15) is 16.9 Å². The van der Waals surface area contributed by atoms with Gasteiger partial charge in [0.15, 0.2) is 11.5 Å². The van der Waals surface area contributed by atoms with Crippen molar-refractivity contribution in [2.75, 3.05) is 13.1 Å². The topological polar surface area (TPSA) is 80.4 Å². The molecule has 13 heteroatoms. The van der Waals surface area contributed by atoms with Crippen molar-refractivity contribution < 1.29 is 26.7 Å². The molecule has 0 spiro atoms. The molecule has 34 heavy (non-hydrogen) atoms. The molecule has 2 aliphatic heterocycles. The third-order valence-corrected chi connectivity index (χ3v) is 6.27. The number of fused-ring (bicyclic) bond motifs is 4. The number of nitrogens with zero attached hydrogens (tertiary/aromatic N) is 6. The molecule has 4 aromatic rings. The average Bonchev–Trinajstić information content (AvgIpc) is 3.55. The van der Waals surface area contributed by atoms with E-state index in [1.165, 1.54) is 18.5 Å². The molecule has 2 bridgehead atoms. The minimum atomic E-state index is -4.60. The second-order valence-electron chi connectivity index (χ2n) is 8.50. The van der Waals surface area contributed by atoms with E-state index in [2.05, 4.69) is 20.4 Å². The van der Waals surface area contributed by atoms with Crippen LogP contribution < -0.4 is 5.32 Å². The molecule has 2 unspecified atom stereocenters. The summed E-state index contributed by atoms with van der Waals surface area (Å²) < 4.78 is 69.7. The Morgan fingerprint density at radius 3 is 2.71 bits per heavy atom. The van der Waals surface area contributed by atoms with Crippen LogP contribution >= 0.6 is 0 Å². The Morgan fingerprint density at radius 2 is 2.00 bits per heavy atom. The van der Waals surface area contributed by atoms with Crippen LogP contribution in [0.5, 0.6) is 0 Å². The highest BCUT2D eigenvalue weighted by molar-refractivity contribution is 5.99. The fourth-order valence-corrected chi connectivity index (χ4v) is 4.81. The van der Waals surface area contributed by atoms with E-state index in [0.29, 0.717) is 19.2 Å².